The van der Waals surface area contributed by atoms with E-state index in [0.717, 1.165) is 57.7 Å². The van der Waals surface area contributed by atoms with Crippen LogP contribution in [0.5, 0.6) is 0 Å². The van der Waals surface area contributed by atoms with Crippen molar-refractivity contribution in [2.24, 2.45) is 0 Å². The van der Waals surface area contributed by atoms with Gasteiger partial charge in [-0.3, -0.25) is 0 Å². The van der Waals surface area contributed by atoms with Gasteiger partial charge < -0.3 is 10.6 Å². The first-order chi connectivity index (χ1) is 25.0. The first-order valence-electron chi connectivity index (χ1n) is 18.4. The zero-order chi connectivity index (χ0) is 34.4. The molecule has 1 saturated carbocycles. The monoisotopic (exact) mass is 654 g/mol. The van der Waals surface area contributed by atoms with Gasteiger partial charge in [-0.15, -0.1) is 0 Å². The molecular formula is C48H39BN2. The van der Waals surface area contributed by atoms with Crippen LogP contribution in [0.1, 0.15) is 70.5 Å². The lowest BCUT2D eigenvalue weighted by molar-refractivity contribution is 0.743. The van der Waals surface area contributed by atoms with E-state index in [2.05, 4.69) is 152 Å². The molecule has 6 aromatic rings. The van der Waals surface area contributed by atoms with Crippen molar-refractivity contribution < 1.29 is 0 Å². The van der Waals surface area contributed by atoms with Crippen molar-refractivity contribution in [3.8, 4) is 22.3 Å². The summed E-state index contributed by atoms with van der Waals surface area (Å²) in [5, 5.41) is 0. The van der Waals surface area contributed by atoms with Gasteiger partial charge in [0.25, 0.3) is 0 Å². The fourth-order valence-corrected chi connectivity index (χ4v) is 9.54. The second-order valence-electron chi connectivity index (χ2n) is 14.8. The summed E-state index contributed by atoms with van der Waals surface area (Å²) < 4.78 is 0. The summed E-state index contributed by atoms with van der Waals surface area (Å²) in [4.78, 5) is 2.49. The van der Waals surface area contributed by atoms with Gasteiger partial charge in [0.2, 0.25) is 0 Å². The van der Waals surface area contributed by atoms with Gasteiger partial charge >= 0.3 is 0 Å². The lowest BCUT2D eigenvalue weighted by Gasteiger charge is -2.47. The number of allylic oxidation sites excluding steroid dienone is 4. The van der Waals surface area contributed by atoms with Crippen molar-refractivity contribution in [3.63, 3.8) is 0 Å². The highest BCUT2D eigenvalue weighted by atomic mass is 15.2. The van der Waals surface area contributed by atoms with E-state index in [1.165, 1.54) is 68.5 Å². The van der Waals surface area contributed by atoms with Crippen molar-refractivity contribution in [2.75, 3.05) is 10.6 Å². The molecule has 1 heterocycles. The van der Waals surface area contributed by atoms with Crippen LogP contribution < -0.4 is 16.1 Å². The maximum absolute atomic E-state index is 7.28. The minimum Gasteiger partial charge on any atom is -0.398 e. The maximum Gasteiger partial charge on any atom is 0.116 e. The molecule has 0 bridgehead atoms. The number of hydrogen-bond donors (Lipinski definition) is 1. The van der Waals surface area contributed by atoms with Gasteiger partial charge in [-0.2, -0.15) is 0 Å². The molecule has 244 valence electrons. The number of hydrogen-bond acceptors (Lipinski definition) is 2. The first kappa shape index (κ1) is 30.3. The van der Waals surface area contributed by atoms with Crippen molar-refractivity contribution in [1.82, 2.24) is 0 Å². The molecule has 4 aliphatic rings. The van der Waals surface area contributed by atoms with E-state index < -0.39 is 5.41 Å². The Balaban J connectivity index is 1.35. The highest BCUT2D eigenvalue weighted by molar-refractivity contribution is 6.37. The van der Waals surface area contributed by atoms with Crippen LogP contribution in [0.15, 0.2) is 139 Å². The third-order valence-corrected chi connectivity index (χ3v) is 11.8. The Bertz CT molecular complexity index is 2500. The number of nitrogens with zero attached hydrogens (tertiary/aromatic N) is 1. The minimum absolute atomic E-state index is 0.486. The highest BCUT2D eigenvalue weighted by Gasteiger charge is 2.52. The Kier molecular flexibility index (Phi) is 6.68. The lowest BCUT2D eigenvalue weighted by Crippen LogP contribution is -2.39. The van der Waals surface area contributed by atoms with Crippen LogP contribution in [0.2, 0.25) is 0 Å². The molecule has 2 radical (unpaired) electrons. The van der Waals surface area contributed by atoms with Crippen molar-refractivity contribution in [2.45, 2.75) is 50.9 Å². The molecule has 2 N–H and O–H groups in total. The zero-order valence-electron chi connectivity index (χ0n) is 29.2. The molecule has 3 heteroatoms. The molecule has 10 rings (SSSR count). The van der Waals surface area contributed by atoms with Crippen LogP contribution in [-0.4, -0.2) is 7.85 Å². The number of benzene rings is 6. The molecule has 6 aromatic carbocycles. The predicted molar refractivity (Wildman–Crippen MR) is 215 cm³/mol. The summed E-state index contributed by atoms with van der Waals surface area (Å²) in [6.07, 6.45) is 9.29. The van der Waals surface area contributed by atoms with Gasteiger partial charge in [0.1, 0.15) is 7.85 Å². The van der Waals surface area contributed by atoms with Gasteiger partial charge in [-0.05, 0) is 119 Å². The standard InChI is InChI=1S/C48H39BN2/c1-29-27-37(36-18-11-13-30(2)46(36)50)45(35-17-4-3-14-32(35)31-25-26-31)44(28-29)51-43-24-10-9-21-40(43)48(41-22-12-23-42(49)47(41)51)38-19-7-5-15-33(38)34-16-6-8-20-39(34)48/h3-5,7-15,17-24,27-28,31H,6,16,25-26,50H2,1-2H3. The Labute approximate surface area is 302 Å². The van der Waals surface area contributed by atoms with Crippen molar-refractivity contribution in [3.05, 3.63) is 178 Å². The van der Waals surface area contributed by atoms with E-state index in [4.69, 9.17) is 13.6 Å². The number of nitrogen functional groups attached to an aromatic ring is 1. The summed E-state index contributed by atoms with van der Waals surface area (Å²) >= 11 is 0. The van der Waals surface area contributed by atoms with Crippen LogP contribution in [0.25, 0.3) is 27.8 Å². The van der Waals surface area contributed by atoms with Crippen LogP contribution in [0, 0.1) is 13.8 Å². The fraction of sp³-hybridized carbons (Fsp3) is 0.167. The average molecular weight is 655 g/mol. The molecule has 1 unspecified atom stereocenters. The van der Waals surface area contributed by atoms with E-state index in [-0.39, 0.29) is 0 Å². The van der Waals surface area contributed by atoms with Crippen LogP contribution in [0.4, 0.5) is 22.7 Å². The van der Waals surface area contributed by atoms with Crippen LogP contribution in [-0.2, 0) is 5.41 Å². The summed E-state index contributed by atoms with van der Waals surface area (Å²) in [5.74, 6) is 0.561. The maximum atomic E-state index is 7.28. The number of fused-ring (bicyclic) bond motifs is 8. The van der Waals surface area contributed by atoms with Crippen LogP contribution >= 0.6 is 0 Å². The molecule has 51 heavy (non-hydrogen) atoms. The number of anilines is 4. The third-order valence-electron chi connectivity index (χ3n) is 11.8. The van der Waals surface area contributed by atoms with Gasteiger partial charge in [-0.1, -0.05) is 127 Å². The van der Waals surface area contributed by atoms with Gasteiger partial charge in [-0.25, -0.2) is 0 Å². The normalized spacial score (nSPS) is 18.4. The highest BCUT2D eigenvalue weighted by Crippen LogP contribution is 2.64. The summed E-state index contributed by atoms with van der Waals surface area (Å²) in [6.45, 7) is 4.31. The molecule has 0 amide bonds. The molecule has 1 fully saturated rings. The molecule has 0 saturated heterocycles. The average Bonchev–Trinajstić information content (AvgIpc) is 3.97. The van der Waals surface area contributed by atoms with E-state index >= 15 is 0 Å². The lowest BCUT2D eigenvalue weighted by atomic mass is 9.62. The molecular weight excluding hydrogens is 615 g/mol. The third kappa shape index (κ3) is 4.24. The molecule has 2 nitrogen and oxygen atoms in total. The van der Waals surface area contributed by atoms with Crippen molar-refractivity contribution >= 4 is 41.6 Å². The summed E-state index contributed by atoms with van der Waals surface area (Å²) in [5.41, 5.74) is 27.8. The predicted octanol–water partition coefficient (Wildman–Crippen LogP) is 11.1. The van der Waals surface area contributed by atoms with E-state index in [1.54, 1.807) is 0 Å². The van der Waals surface area contributed by atoms with E-state index in [1.807, 2.05) is 0 Å². The largest absolute Gasteiger partial charge is 0.398 e. The van der Waals surface area contributed by atoms with Gasteiger partial charge in [0.15, 0.2) is 0 Å². The number of rotatable bonds is 4. The second-order valence-corrected chi connectivity index (χ2v) is 14.8. The molecule has 0 aromatic heterocycles. The zero-order valence-corrected chi connectivity index (χ0v) is 29.2. The Morgan fingerprint density at radius 2 is 1.39 bits per heavy atom. The number of para-hydroxylation sites is 3. The van der Waals surface area contributed by atoms with Gasteiger partial charge in [0.05, 0.1) is 16.8 Å². The van der Waals surface area contributed by atoms with E-state index in [9.17, 15) is 0 Å². The Hall–Kier alpha value is -5.54. The molecule has 3 aliphatic carbocycles. The summed E-state index contributed by atoms with van der Waals surface area (Å²) in [6, 6.07) is 44.8. The van der Waals surface area contributed by atoms with Crippen molar-refractivity contribution in [1.29, 1.82) is 0 Å². The summed E-state index contributed by atoms with van der Waals surface area (Å²) in [7, 11) is 7.28. The Morgan fingerprint density at radius 3 is 2.24 bits per heavy atom. The second kappa shape index (κ2) is 11.2. The fourth-order valence-electron chi connectivity index (χ4n) is 9.54. The SMILES string of the molecule is [B]c1cccc2c1N(c1cc(C)cc(-c3cccc(C)c3N)c1-c1ccccc1C1CC1)c1ccccc1C21C2=C(CCC=C2)c2ccccc21. The quantitative estimate of drug-likeness (QED) is 0.151. The van der Waals surface area contributed by atoms with Crippen LogP contribution in [0.3, 0.4) is 0 Å². The van der Waals surface area contributed by atoms with E-state index in [0.29, 0.717) is 5.92 Å². The topological polar surface area (TPSA) is 29.3 Å². The first-order valence-corrected chi connectivity index (χ1v) is 18.4. The minimum atomic E-state index is -0.486. The number of aryl methyl sites for hydroxylation is 2. The molecule has 1 aliphatic heterocycles. The molecule has 1 spiro atoms. The molecule has 1 atom stereocenters. The Morgan fingerprint density at radius 1 is 0.686 bits per heavy atom. The van der Waals surface area contributed by atoms with Gasteiger partial charge in [0, 0.05) is 22.5 Å². The smallest absolute Gasteiger partial charge is 0.116 e. The number of nitrogens with two attached hydrogens (primary N) is 1.